The van der Waals surface area contributed by atoms with Gasteiger partial charge in [-0.15, -0.1) is 10.2 Å². The standard InChI is InChI=1S/C19H16ClFN4O3S2/c20-12-3-1-4-15(11-12)30(27,28)25-10-2-5-16(25)18-23-24-19(29-18)17(26)22-14-8-6-13(21)7-9-14/h1,3-4,6-9,11,16H,2,5,10H2,(H,22,26)/t16-/m0/s1. The van der Waals surface area contributed by atoms with Gasteiger partial charge in [-0.25, -0.2) is 12.8 Å². The van der Waals surface area contributed by atoms with Crippen LogP contribution in [0.4, 0.5) is 10.1 Å². The van der Waals surface area contributed by atoms with Gasteiger partial charge in [0.2, 0.25) is 15.0 Å². The first kappa shape index (κ1) is 20.9. The SMILES string of the molecule is O=C(Nc1ccc(F)cc1)c1nnc([C@@H]2CCCN2S(=O)(=O)c2cccc(Cl)c2)s1. The number of carbonyl (C=O) groups excluding carboxylic acids is 1. The van der Waals surface area contributed by atoms with Crippen molar-refractivity contribution in [3.05, 3.63) is 69.4 Å². The Morgan fingerprint density at radius 1 is 1.20 bits per heavy atom. The van der Waals surface area contributed by atoms with Crippen molar-refractivity contribution in [2.75, 3.05) is 11.9 Å². The molecule has 0 saturated carbocycles. The number of hydrogen-bond acceptors (Lipinski definition) is 6. The Bertz CT molecular complexity index is 1180. The van der Waals surface area contributed by atoms with Crippen molar-refractivity contribution in [1.29, 1.82) is 0 Å². The number of nitrogens with one attached hydrogen (secondary N) is 1. The molecule has 1 amide bonds. The fourth-order valence-electron chi connectivity index (χ4n) is 3.22. The number of amides is 1. The van der Waals surface area contributed by atoms with Gasteiger partial charge < -0.3 is 5.32 Å². The lowest BCUT2D eigenvalue weighted by Gasteiger charge is -2.22. The number of anilines is 1. The fraction of sp³-hybridized carbons (Fsp3) is 0.211. The molecule has 1 saturated heterocycles. The molecular weight excluding hydrogens is 451 g/mol. The van der Waals surface area contributed by atoms with Crippen LogP contribution in [-0.4, -0.2) is 35.4 Å². The van der Waals surface area contributed by atoms with E-state index in [0.717, 1.165) is 11.3 Å². The average molecular weight is 467 g/mol. The monoisotopic (exact) mass is 466 g/mol. The Morgan fingerprint density at radius 2 is 1.97 bits per heavy atom. The number of benzene rings is 2. The largest absolute Gasteiger partial charge is 0.320 e. The Balaban J connectivity index is 1.55. The number of carbonyl (C=O) groups is 1. The summed E-state index contributed by atoms with van der Waals surface area (Å²) >= 11 is 6.99. The summed E-state index contributed by atoms with van der Waals surface area (Å²) in [6.07, 6.45) is 1.25. The van der Waals surface area contributed by atoms with Crippen LogP contribution < -0.4 is 5.32 Å². The zero-order valence-corrected chi connectivity index (χ0v) is 17.8. The van der Waals surface area contributed by atoms with Crippen molar-refractivity contribution in [1.82, 2.24) is 14.5 Å². The van der Waals surface area contributed by atoms with E-state index in [9.17, 15) is 17.6 Å². The highest BCUT2D eigenvalue weighted by Crippen LogP contribution is 2.38. The molecular formula is C19H16ClFN4O3S2. The van der Waals surface area contributed by atoms with Gasteiger partial charge in [0.05, 0.1) is 10.9 Å². The molecule has 1 atom stereocenters. The summed E-state index contributed by atoms with van der Waals surface area (Å²) in [5.74, 6) is -0.902. The van der Waals surface area contributed by atoms with Crippen molar-refractivity contribution < 1.29 is 17.6 Å². The molecule has 7 nitrogen and oxygen atoms in total. The third-order valence-electron chi connectivity index (χ3n) is 4.63. The van der Waals surface area contributed by atoms with Crippen LogP contribution in [0, 0.1) is 5.82 Å². The van der Waals surface area contributed by atoms with E-state index in [2.05, 4.69) is 15.5 Å². The number of nitrogens with zero attached hydrogens (tertiary/aromatic N) is 3. The molecule has 2 aromatic carbocycles. The van der Waals surface area contributed by atoms with E-state index in [1.807, 2.05) is 0 Å². The molecule has 4 rings (SSSR count). The van der Waals surface area contributed by atoms with Gasteiger partial charge >= 0.3 is 0 Å². The first-order valence-electron chi connectivity index (χ1n) is 9.02. The van der Waals surface area contributed by atoms with E-state index in [-0.39, 0.29) is 9.90 Å². The van der Waals surface area contributed by atoms with Crippen molar-refractivity contribution in [2.24, 2.45) is 0 Å². The summed E-state index contributed by atoms with van der Waals surface area (Å²) in [5, 5.41) is 11.5. The molecule has 0 radical (unpaired) electrons. The maximum absolute atomic E-state index is 13.1. The Morgan fingerprint density at radius 3 is 2.70 bits per heavy atom. The highest BCUT2D eigenvalue weighted by molar-refractivity contribution is 7.89. The Kier molecular flexibility index (Phi) is 5.83. The molecule has 0 unspecified atom stereocenters. The smallest absolute Gasteiger partial charge is 0.286 e. The zero-order chi connectivity index (χ0) is 21.3. The lowest BCUT2D eigenvalue weighted by atomic mass is 10.2. The number of rotatable bonds is 5. The second-order valence-corrected chi connectivity index (χ2v) is 9.97. The third-order valence-corrected chi connectivity index (χ3v) is 7.79. The minimum atomic E-state index is -3.77. The summed E-state index contributed by atoms with van der Waals surface area (Å²) in [6, 6.07) is 10.9. The van der Waals surface area contributed by atoms with Gasteiger partial charge in [-0.1, -0.05) is 29.0 Å². The fourth-order valence-corrected chi connectivity index (χ4v) is 6.13. The number of sulfonamides is 1. The van der Waals surface area contributed by atoms with Gasteiger partial charge in [-0.2, -0.15) is 4.31 Å². The van der Waals surface area contributed by atoms with E-state index in [1.165, 1.54) is 40.7 Å². The van der Waals surface area contributed by atoms with E-state index in [4.69, 9.17) is 11.6 Å². The molecule has 0 spiro atoms. The van der Waals surface area contributed by atoms with Crippen LogP contribution in [0.15, 0.2) is 53.4 Å². The van der Waals surface area contributed by atoms with Crippen LogP contribution in [0.1, 0.15) is 33.7 Å². The topological polar surface area (TPSA) is 92.3 Å². The third kappa shape index (κ3) is 4.22. The zero-order valence-electron chi connectivity index (χ0n) is 15.5. The minimum Gasteiger partial charge on any atom is -0.320 e. The van der Waals surface area contributed by atoms with Crippen molar-refractivity contribution in [2.45, 2.75) is 23.8 Å². The predicted molar refractivity (Wildman–Crippen MR) is 112 cm³/mol. The van der Waals surface area contributed by atoms with Crippen molar-refractivity contribution in [3.63, 3.8) is 0 Å². The first-order chi connectivity index (χ1) is 14.3. The molecule has 2 heterocycles. The van der Waals surface area contributed by atoms with E-state index < -0.39 is 27.8 Å². The second kappa shape index (κ2) is 8.38. The van der Waals surface area contributed by atoms with Crippen LogP contribution in [0.25, 0.3) is 0 Å². The number of halogens is 2. The molecule has 11 heteroatoms. The molecule has 1 aliphatic rings. The van der Waals surface area contributed by atoms with Crippen LogP contribution in [0.5, 0.6) is 0 Å². The van der Waals surface area contributed by atoms with E-state index in [0.29, 0.717) is 35.1 Å². The molecule has 156 valence electrons. The highest BCUT2D eigenvalue weighted by atomic mass is 35.5. The first-order valence-corrected chi connectivity index (χ1v) is 11.7. The van der Waals surface area contributed by atoms with Gasteiger partial charge in [0.25, 0.3) is 5.91 Å². The van der Waals surface area contributed by atoms with Crippen molar-refractivity contribution in [3.8, 4) is 0 Å². The lowest BCUT2D eigenvalue weighted by Crippen LogP contribution is -2.30. The number of hydrogen-bond donors (Lipinski definition) is 1. The summed E-state index contributed by atoms with van der Waals surface area (Å²) in [7, 11) is -3.77. The summed E-state index contributed by atoms with van der Waals surface area (Å²) < 4.78 is 40.6. The minimum absolute atomic E-state index is 0.0985. The van der Waals surface area contributed by atoms with Crippen LogP contribution in [-0.2, 0) is 10.0 Å². The molecule has 1 fully saturated rings. The summed E-state index contributed by atoms with van der Waals surface area (Å²) in [4.78, 5) is 12.5. The van der Waals surface area contributed by atoms with E-state index >= 15 is 0 Å². The van der Waals surface area contributed by atoms with Crippen LogP contribution >= 0.6 is 22.9 Å². The second-order valence-electron chi connectivity index (χ2n) is 6.64. The molecule has 0 aliphatic carbocycles. The molecule has 3 aromatic rings. The normalized spacial score (nSPS) is 17.2. The van der Waals surface area contributed by atoms with Gasteiger partial charge in [-0.3, -0.25) is 4.79 Å². The van der Waals surface area contributed by atoms with Gasteiger partial charge in [0.15, 0.2) is 0 Å². The lowest BCUT2D eigenvalue weighted by molar-refractivity contribution is 0.102. The maximum Gasteiger partial charge on any atom is 0.286 e. The molecule has 1 aromatic heterocycles. The Hall–Kier alpha value is -2.40. The van der Waals surface area contributed by atoms with Crippen LogP contribution in [0.2, 0.25) is 5.02 Å². The van der Waals surface area contributed by atoms with Gasteiger partial charge in [0.1, 0.15) is 10.8 Å². The van der Waals surface area contributed by atoms with Crippen molar-refractivity contribution >= 4 is 44.6 Å². The molecule has 30 heavy (non-hydrogen) atoms. The van der Waals surface area contributed by atoms with Crippen LogP contribution in [0.3, 0.4) is 0 Å². The Labute approximate surface area is 181 Å². The van der Waals surface area contributed by atoms with Gasteiger partial charge in [-0.05, 0) is 55.3 Å². The summed E-state index contributed by atoms with van der Waals surface area (Å²) in [6.45, 7) is 0.343. The molecule has 1 N–H and O–H groups in total. The average Bonchev–Trinajstić information content (AvgIpc) is 3.39. The highest BCUT2D eigenvalue weighted by Gasteiger charge is 2.38. The number of aromatic nitrogens is 2. The summed E-state index contributed by atoms with van der Waals surface area (Å²) in [5.41, 5.74) is 0.421. The molecule has 0 bridgehead atoms. The quantitative estimate of drug-likeness (QED) is 0.611. The maximum atomic E-state index is 13.1. The predicted octanol–water partition coefficient (Wildman–Crippen LogP) is 4.11. The molecule has 1 aliphatic heterocycles. The van der Waals surface area contributed by atoms with E-state index in [1.54, 1.807) is 12.1 Å². The van der Waals surface area contributed by atoms with Gasteiger partial charge in [0, 0.05) is 17.3 Å².